The average Bonchev–Trinajstić information content (AvgIpc) is 3.13. The Hall–Kier alpha value is -3.35. The number of hydrogen-bond acceptors (Lipinski definition) is 4. The van der Waals surface area contributed by atoms with Gasteiger partial charge in [0.2, 0.25) is 17.7 Å². The van der Waals surface area contributed by atoms with Crippen molar-refractivity contribution >= 4 is 17.7 Å². The highest BCUT2D eigenvalue weighted by atomic mass is 16.5. The summed E-state index contributed by atoms with van der Waals surface area (Å²) in [4.78, 5) is 35.3. The van der Waals surface area contributed by atoms with Crippen LogP contribution in [-0.2, 0) is 27.4 Å². The van der Waals surface area contributed by atoms with Gasteiger partial charge in [-0.25, -0.2) is 0 Å². The molecule has 1 aliphatic heterocycles. The molecule has 2 aromatic carbocycles. The van der Waals surface area contributed by atoms with Gasteiger partial charge in [-0.3, -0.25) is 14.4 Å². The van der Waals surface area contributed by atoms with Crippen molar-refractivity contribution in [3.63, 3.8) is 0 Å². The number of carbonyl (C=O) groups is 3. The van der Waals surface area contributed by atoms with Crippen LogP contribution in [0.2, 0.25) is 0 Å². The van der Waals surface area contributed by atoms with Crippen molar-refractivity contribution < 1.29 is 19.1 Å². The molecule has 0 bridgehead atoms. The molecule has 0 aromatic heterocycles. The number of benzene rings is 2. The molecule has 2 atom stereocenters. The van der Waals surface area contributed by atoms with Gasteiger partial charge < -0.3 is 21.1 Å². The third kappa shape index (κ3) is 5.33. The van der Waals surface area contributed by atoms with Crippen LogP contribution in [0.5, 0.6) is 5.75 Å². The first kappa shape index (κ1) is 19.4. The number of primary amides is 1. The maximum atomic E-state index is 12.3. The summed E-state index contributed by atoms with van der Waals surface area (Å²) in [6.45, 7) is 0.432. The highest BCUT2D eigenvalue weighted by Gasteiger charge is 2.29. The molecule has 0 radical (unpaired) electrons. The molecular formula is C21H23N3O4. The van der Waals surface area contributed by atoms with E-state index in [1.54, 1.807) is 0 Å². The third-order valence-electron chi connectivity index (χ3n) is 4.56. The maximum absolute atomic E-state index is 12.3. The molecule has 0 aliphatic carbocycles. The van der Waals surface area contributed by atoms with Crippen molar-refractivity contribution in [3.8, 4) is 5.75 Å². The molecule has 7 nitrogen and oxygen atoms in total. The predicted molar refractivity (Wildman–Crippen MR) is 103 cm³/mol. The number of amides is 3. The number of nitrogens with one attached hydrogen (secondary N) is 2. The standard InChI is InChI=1S/C21H23N3O4/c22-20(26)18(24-21(27)17-9-10-19(25)23-17)12-15-7-4-8-16(11-15)28-13-14-5-2-1-3-6-14/h1-8,11,17-18H,9-10,12-13H2,(H2,22,26)(H,23,25)(H,24,27)/t17-,18+/m0/s1. The molecule has 0 unspecified atom stereocenters. The topological polar surface area (TPSA) is 111 Å². The smallest absolute Gasteiger partial charge is 0.243 e. The first-order chi connectivity index (χ1) is 13.5. The molecule has 0 spiro atoms. The van der Waals surface area contributed by atoms with E-state index in [1.807, 2.05) is 54.6 Å². The van der Waals surface area contributed by atoms with Crippen LogP contribution in [0.3, 0.4) is 0 Å². The van der Waals surface area contributed by atoms with Crippen LogP contribution in [0.25, 0.3) is 0 Å². The van der Waals surface area contributed by atoms with Crippen LogP contribution in [0.1, 0.15) is 24.0 Å². The Bertz CT molecular complexity index is 854. The van der Waals surface area contributed by atoms with Crippen LogP contribution < -0.4 is 21.1 Å². The lowest BCUT2D eigenvalue weighted by atomic mass is 10.0. The van der Waals surface area contributed by atoms with Crippen molar-refractivity contribution in [2.75, 3.05) is 0 Å². The Morgan fingerprint density at radius 3 is 2.57 bits per heavy atom. The highest BCUT2D eigenvalue weighted by Crippen LogP contribution is 2.17. The van der Waals surface area contributed by atoms with Gasteiger partial charge in [0, 0.05) is 12.8 Å². The van der Waals surface area contributed by atoms with E-state index in [0.29, 0.717) is 25.2 Å². The molecule has 1 fully saturated rings. The molecule has 28 heavy (non-hydrogen) atoms. The van der Waals surface area contributed by atoms with E-state index in [1.165, 1.54) is 0 Å². The first-order valence-electron chi connectivity index (χ1n) is 9.16. The van der Waals surface area contributed by atoms with Crippen LogP contribution in [0, 0.1) is 0 Å². The average molecular weight is 381 g/mol. The fourth-order valence-electron chi connectivity index (χ4n) is 3.04. The Labute approximate surface area is 163 Å². The van der Waals surface area contributed by atoms with Gasteiger partial charge in [0.25, 0.3) is 0 Å². The van der Waals surface area contributed by atoms with E-state index in [4.69, 9.17) is 10.5 Å². The molecule has 0 saturated carbocycles. The van der Waals surface area contributed by atoms with Crippen molar-refractivity contribution in [2.24, 2.45) is 5.73 Å². The lowest BCUT2D eigenvalue weighted by Crippen LogP contribution is -2.51. The summed E-state index contributed by atoms with van der Waals surface area (Å²) in [6, 6.07) is 15.6. The van der Waals surface area contributed by atoms with Crippen molar-refractivity contribution in [3.05, 3.63) is 65.7 Å². The van der Waals surface area contributed by atoms with Crippen LogP contribution in [-0.4, -0.2) is 29.8 Å². The normalized spacial score (nSPS) is 16.9. The van der Waals surface area contributed by atoms with Gasteiger partial charge in [0.05, 0.1) is 0 Å². The molecule has 3 amide bonds. The molecule has 146 valence electrons. The van der Waals surface area contributed by atoms with E-state index < -0.39 is 23.9 Å². The van der Waals surface area contributed by atoms with Crippen LogP contribution in [0.4, 0.5) is 0 Å². The minimum absolute atomic E-state index is 0.168. The van der Waals surface area contributed by atoms with Crippen molar-refractivity contribution in [2.45, 2.75) is 38.0 Å². The maximum Gasteiger partial charge on any atom is 0.243 e. The molecule has 1 saturated heterocycles. The van der Waals surface area contributed by atoms with E-state index in [2.05, 4.69) is 10.6 Å². The molecular weight excluding hydrogens is 358 g/mol. The van der Waals surface area contributed by atoms with Gasteiger partial charge in [-0.05, 0) is 29.7 Å². The summed E-state index contributed by atoms with van der Waals surface area (Å²) in [7, 11) is 0. The van der Waals surface area contributed by atoms with Crippen molar-refractivity contribution in [1.82, 2.24) is 10.6 Å². The predicted octanol–water partition coefficient (Wildman–Crippen LogP) is 1.06. The minimum Gasteiger partial charge on any atom is -0.489 e. The van der Waals surface area contributed by atoms with Gasteiger partial charge in [-0.15, -0.1) is 0 Å². The fraction of sp³-hybridized carbons (Fsp3) is 0.286. The summed E-state index contributed by atoms with van der Waals surface area (Å²) < 4.78 is 5.80. The second-order valence-electron chi connectivity index (χ2n) is 6.75. The molecule has 3 rings (SSSR count). The third-order valence-corrected chi connectivity index (χ3v) is 4.56. The number of hydrogen-bond donors (Lipinski definition) is 3. The zero-order chi connectivity index (χ0) is 19.9. The SMILES string of the molecule is NC(=O)[C@@H](Cc1cccc(OCc2ccccc2)c1)NC(=O)[C@@H]1CCC(=O)N1. The van der Waals surface area contributed by atoms with Crippen molar-refractivity contribution in [1.29, 1.82) is 0 Å². The Morgan fingerprint density at radius 2 is 1.89 bits per heavy atom. The molecule has 1 heterocycles. The molecule has 2 aromatic rings. The quantitative estimate of drug-likeness (QED) is 0.635. The first-order valence-corrected chi connectivity index (χ1v) is 9.16. The second kappa shape index (κ2) is 9.03. The molecule has 1 aliphatic rings. The van der Waals surface area contributed by atoms with E-state index in [9.17, 15) is 14.4 Å². The summed E-state index contributed by atoms with van der Waals surface area (Å²) in [5.74, 6) is -0.530. The highest BCUT2D eigenvalue weighted by molar-refractivity contribution is 5.93. The summed E-state index contributed by atoms with van der Waals surface area (Å²) in [6.07, 6.45) is 0.962. The van der Waals surface area contributed by atoms with E-state index >= 15 is 0 Å². The number of ether oxygens (including phenoxy) is 1. The lowest BCUT2D eigenvalue weighted by Gasteiger charge is -2.18. The van der Waals surface area contributed by atoms with Gasteiger partial charge in [0.15, 0.2) is 0 Å². The molecule has 7 heteroatoms. The molecule has 4 N–H and O–H groups in total. The minimum atomic E-state index is -0.866. The Morgan fingerprint density at radius 1 is 1.14 bits per heavy atom. The van der Waals surface area contributed by atoms with Gasteiger partial charge in [0.1, 0.15) is 24.4 Å². The fourth-order valence-corrected chi connectivity index (χ4v) is 3.04. The monoisotopic (exact) mass is 381 g/mol. The second-order valence-corrected chi connectivity index (χ2v) is 6.75. The largest absolute Gasteiger partial charge is 0.489 e. The summed E-state index contributed by atoms with van der Waals surface area (Å²) >= 11 is 0. The number of nitrogens with two attached hydrogens (primary N) is 1. The van der Waals surface area contributed by atoms with Gasteiger partial charge in [-0.2, -0.15) is 0 Å². The van der Waals surface area contributed by atoms with Crippen LogP contribution in [0.15, 0.2) is 54.6 Å². The summed E-state index contributed by atoms with van der Waals surface area (Å²) in [5.41, 5.74) is 7.32. The lowest BCUT2D eigenvalue weighted by molar-refractivity contribution is -0.129. The Balaban J connectivity index is 1.60. The zero-order valence-corrected chi connectivity index (χ0v) is 15.4. The van der Waals surface area contributed by atoms with Gasteiger partial charge >= 0.3 is 0 Å². The van der Waals surface area contributed by atoms with E-state index in [0.717, 1.165) is 11.1 Å². The van der Waals surface area contributed by atoms with Crippen LogP contribution >= 0.6 is 0 Å². The van der Waals surface area contributed by atoms with E-state index in [-0.39, 0.29) is 12.3 Å². The number of carbonyl (C=O) groups excluding carboxylic acids is 3. The number of rotatable bonds is 8. The Kier molecular flexibility index (Phi) is 6.26. The zero-order valence-electron chi connectivity index (χ0n) is 15.4. The summed E-state index contributed by atoms with van der Waals surface area (Å²) in [5, 5.41) is 5.22. The van der Waals surface area contributed by atoms with Gasteiger partial charge in [-0.1, -0.05) is 42.5 Å².